The molecule has 3 amide bonds. The van der Waals surface area contributed by atoms with E-state index in [1.54, 1.807) is 11.9 Å². The van der Waals surface area contributed by atoms with Crippen molar-refractivity contribution in [3.05, 3.63) is 15.9 Å². The van der Waals surface area contributed by atoms with Gasteiger partial charge >= 0.3 is 6.03 Å². The lowest BCUT2D eigenvalue weighted by Gasteiger charge is -2.07. The van der Waals surface area contributed by atoms with Crippen molar-refractivity contribution in [1.82, 2.24) is 10.2 Å². The molecule has 0 saturated carbocycles. The molecule has 1 aromatic heterocycles. The molecule has 0 spiro atoms. The second kappa shape index (κ2) is 4.84. The van der Waals surface area contributed by atoms with Gasteiger partial charge in [0.15, 0.2) is 0 Å². The summed E-state index contributed by atoms with van der Waals surface area (Å²) >= 11 is 4.68. The molecule has 1 aromatic rings. The molecule has 1 aliphatic heterocycles. The number of carbonyl (C=O) groups excluding carboxylic acids is 2. The van der Waals surface area contributed by atoms with Crippen LogP contribution < -0.4 is 10.6 Å². The van der Waals surface area contributed by atoms with Gasteiger partial charge in [-0.3, -0.25) is 15.4 Å². The largest absolute Gasteiger partial charge is 0.349 e. The Morgan fingerprint density at radius 1 is 1.71 bits per heavy atom. The van der Waals surface area contributed by atoms with Crippen LogP contribution in [0.25, 0.3) is 0 Å². The van der Waals surface area contributed by atoms with Crippen molar-refractivity contribution in [2.75, 3.05) is 18.9 Å². The Hall–Kier alpha value is -1.41. The average Bonchev–Trinajstić information content (AvgIpc) is 2.75. The molecule has 0 radical (unpaired) electrons. The van der Waals surface area contributed by atoms with E-state index in [1.807, 2.05) is 11.4 Å². The SMILES string of the molecule is CN1CC(=O)NC1=NC(=O)Nc1sccc1Br. The molecule has 6 nitrogen and oxygen atoms in total. The van der Waals surface area contributed by atoms with Crippen LogP contribution in [0.1, 0.15) is 0 Å². The van der Waals surface area contributed by atoms with Gasteiger partial charge < -0.3 is 4.90 Å². The normalized spacial score (nSPS) is 17.4. The summed E-state index contributed by atoms with van der Waals surface area (Å²) in [6.07, 6.45) is 0. The molecule has 90 valence electrons. The number of urea groups is 1. The number of halogens is 1. The van der Waals surface area contributed by atoms with Crippen molar-refractivity contribution in [1.29, 1.82) is 0 Å². The van der Waals surface area contributed by atoms with Crippen molar-refractivity contribution in [3.63, 3.8) is 0 Å². The minimum atomic E-state index is -0.516. The molecule has 8 heteroatoms. The lowest BCUT2D eigenvalue weighted by atomic mass is 10.6. The third-order valence-corrected chi connectivity index (χ3v) is 3.79. The van der Waals surface area contributed by atoms with Crippen molar-refractivity contribution >= 4 is 50.2 Å². The molecule has 0 aliphatic carbocycles. The quantitative estimate of drug-likeness (QED) is 0.823. The van der Waals surface area contributed by atoms with Crippen LogP contribution in [0.5, 0.6) is 0 Å². The first-order chi connectivity index (χ1) is 8.06. The summed E-state index contributed by atoms with van der Waals surface area (Å²) in [4.78, 5) is 28.0. The number of nitrogens with one attached hydrogen (secondary N) is 2. The summed E-state index contributed by atoms with van der Waals surface area (Å²) < 4.78 is 0.805. The second-order valence-corrected chi connectivity index (χ2v) is 5.14. The minimum Gasteiger partial charge on any atom is -0.336 e. The van der Waals surface area contributed by atoms with Crippen molar-refractivity contribution in [2.45, 2.75) is 0 Å². The van der Waals surface area contributed by atoms with Gasteiger partial charge in [-0.1, -0.05) is 0 Å². The molecule has 1 fully saturated rings. The lowest BCUT2D eigenvalue weighted by molar-refractivity contribution is -0.118. The highest BCUT2D eigenvalue weighted by Gasteiger charge is 2.22. The van der Waals surface area contributed by atoms with E-state index in [9.17, 15) is 9.59 Å². The number of nitrogens with zero attached hydrogens (tertiary/aromatic N) is 2. The smallest absolute Gasteiger partial charge is 0.336 e. The number of amides is 3. The van der Waals surface area contributed by atoms with E-state index in [1.165, 1.54) is 11.3 Å². The fourth-order valence-corrected chi connectivity index (χ4v) is 2.62. The van der Waals surface area contributed by atoms with E-state index in [2.05, 4.69) is 31.6 Å². The Bertz CT molecular complexity index is 499. The third kappa shape index (κ3) is 2.83. The highest BCUT2D eigenvalue weighted by molar-refractivity contribution is 9.10. The van der Waals surface area contributed by atoms with Gasteiger partial charge in [-0.15, -0.1) is 11.3 Å². The molecular weight excluding hydrogens is 308 g/mol. The first-order valence-corrected chi connectivity index (χ1v) is 6.37. The zero-order valence-electron chi connectivity index (χ0n) is 8.86. The van der Waals surface area contributed by atoms with Crippen molar-refractivity contribution in [3.8, 4) is 0 Å². The predicted molar refractivity (Wildman–Crippen MR) is 69.2 cm³/mol. The van der Waals surface area contributed by atoms with Gasteiger partial charge in [-0.2, -0.15) is 4.99 Å². The van der Waals surface area contributed by atoms with Gasteiger partial charge in [-0.05, 0) is 27.4 Å². The molecule has 0 bridgehead atoms. The first-order valence-electron chi connectivity index (χ1n) is 4.70. The van der Waals surface area contributed by atoms with E-state index in [0.717, 1.165) is 4.47 Å². The van der Waals surface area contributed by atoms with E-state index >= 15 is 0 Å². The molecule has 0 unspecified atom stereocenters. The van der Waals surface area contributed by atoms with Gasteiger partial charge in [0.1, 0.15) is 5.00 Å². The topological polar surface area (TPSA) is 73.8 Å². The van der Waals surface area contributed by atoms with Crippen LogP contribution >= 0.6 is 27.3 Å². The molecule has 1 saturated heterocycles. The summed E-state index contributed by atoms with van der Waals surface area (Å²) in [6, 6.07) is 1.31. The molecule has 0 atom stereocenters. The maximum atomic E-state index is 11.6. The monoisotopic (exact) mass is 316 g/mol. The number of hydrogen-bond donors (Lipinski definition) is 2. The highest BCUT2D eigenvalue weighted by atomic mass is 79.9. The Balaban J connectivity index is 2.05. The Kier molecular flexibility index (Phi) is 3.43. The number of likely N-dealkylation sites (N-methyl/N-ethyl adjacent to an activating group) is 1. The fraction of sp³-hybridized carbons (Fsp3) is 0.222. The van der Waals surface area contributed by atoms with Crippen LogP contribution in [0, 0.1) is 0 Å². The average molecular weight is 317 g/mol. The van der Waals surface area contributed by atoms with Gasteiger partial charge in [0, 0.05) is 7.05 Å². The van der Waals surface area contributed by atoms with Crippen LogP contribution in [0.4, 0.5) is 9.80 Å². The van der Waals surface area contributed by atoms with E-state index in [-0.39, 0.29) is 18.4 Å². The Morgan fingerprint density at radius 3 is 3.00 bits per heavy atom. The van der Waals surface area contributed by atoms with Crippen molar-refractivity contribution in [2.24, 2.45) is 4.99 Å². The second-order valence-electron chi connectivity index (χ2n) is 3.37. The third-order valence-electron chi connectivity index (χ3n) is 2.04. The summed E-state index contributed by atoms with van der Waals surface area (Å²) in [6.45, 7) is 0.217. The highest BCUT2D eigenvalue weighted by Crippen LogP contribution is 2.28. The van der Waals surface area contributed by atoms with Gasteiger partial charge in [0.05, 0.1) is 11.0 Å². The van der Waals surface area contributed by atoms with E-state index in [0.29, 0.717) is 5.00 Å². The first kappa shape index (κ1) is 12.1. The maximum Gasteiger partial charge on any atom is 0.349 e. The summed E-state index contributed by atoms with van der Waals surface area (Å²) in [5.74, 6) is 0.0940. The molecule has 1 aliphatic rings. The molecule has 2 heterocycles. The zero-order valence-corrected chi connectivity index (χ0v) is 11.3. The van der Waals surface area contributed by atoms with Crippen LogP contribution in [-0.4, -0.2) is 36.4 Å². The number of anilines is 1. The Labute approximate surface area is 110 Å². The standard InChI is InChI=1S/C9H9BrN4O2S/c1-14-4-6(15)11-8(14)13-9(16)12-7-5(10)2-3-17-7/h2-3H,4H2,1H3,(H2,11,12,13,15,16). The summed E-state index contributed by atoms with van der Waals surface area (Å²) in [5, 5.41) is 7.65. The molecule has 2 N–H and O–H groups in total. The number of rotatable bonds is 1. The lowest BCUT2D eigenvalue weighted by Crippen LogP contribution is -2.29. The van der Waals surface area contributed by atoms with E-state index < -0.39 is 6.03 Å². The summed E-state index contributed by atoms with van der Waals surface area (Å²) in [7, 11) is 1.69. The Morgan fingerprint density at radius 2 is 2.47 bits per heavy atom. The molecule has 0 aromatic carbocycles. The number of hydrogen-bond acceptors (Lipinski definition) is 3. The number of guanidine groups is 1. The predicted octanol–water partition coefficient (Wildman–Crippen LogP) is 1.46. The number of carbonyl (C=O) groups is 2. The molecular formula is C9H9BrN4O2S. The molecule has 17 heavy (non-hydrogen) atoms. The number of aliphatic imine (C=N–C) groups is 1. The number of thiophene rings is 1. The van der Waals surface area contributed by atoms with Crippen LogP contribution in [0.2, 0.25) is 0 Å². The van der Waals surface area contributed by atoms with Gasteiger partial charge in [0.2, 0.25) is 11.9 Å². The maximum absolute atomic E-state index is 11.6. The van der Waals surface area contributed by atoms with Gasteiger partial charge in [0.25, 0.3) is 0 Å². The van der Waals surface area contributed by atoms with Crippen LogP contribution in [0.3, 0.4) is 0 Å². The fourth-order valence-electron chi connectivity index (χ4n) is 1.27. The van der Waals surface area contributed by atoms with E-state index in [4.69, 9.17) is 0 Å². The summed E-state index contributed by atoms with van der Waals surface area (Å²) in [5.41, 5.74) is 0. The van der Waals surface area contributed by atoms with Gasteiger partial charge in [-0.25, -0.2) is 4.79 Å². The zero-order chi connectivity index (χ0) is 12.4. The molecule has 2 rings (SSSR count). The van der Waals surface area contributed by atoms with Crippen molar-refractivity contribution < 1.29 is 9.59 Å². The minimum absolute atomic E-state index is 0.170. The van der Waals surface area contributed by atoms with Crippen LogP contribution in [-0.2, 0) is 4.79 Å². The van der Waals surface area contributed by atoms with Crippen LogP contribution in [0.15, 0.2) is 20.9 Å².